The lowest BCUT2D eigenvalue weighted by Crippen LogP contribution is -2.42. The van der Waals surface area contributed by atoms with Gasteiger partial charge in [-0.05, 0) is 58.8 Å². The Balaban J connectivity index is 1.69. The lowest BCUT2D eigenvalue weighted by molar-refractivity contribution is -0.132. The zero-order valence-corrected chi connectivity index (χ0v) is 15.8. The molecule has 0 aromatic rings. The summed E-state index contributed by atoms with van der Waals surface area (Å²) < 4.78 is 5.41. The summed E-state index contributed by atoms with van der Waals surface area (Å²) in [7, 11) is 0. The van der Waals surface area contributed by atoms with Gasteiger partial charge in [-0.25, -0.2) is 4.79 Å². The van der Waals surface area contributed by atoms with Gasteiger partial charge in [-0.2, -0.15) is 0 Å². The van der Waals surface area contributed by atoms with Gasteiger partial charge >= 0.3 is 6.09 Å². The fourth-order valence-corrected chi connectivity index (χ4v) is 3.52. The molecule has 1 atom stereocenters. The minimum Gasteiger partial charge on any atom is -0.444 e. The standard InChI is InChI=1S/C19H31N2O4/c1-19(2,3)25-18(24)20-11-8-15(9-12-20)6-7-17(23)21-10-4-5-16(13-21)14-22/h15-16H,4-13H2,1-3H3/t16-/m1/s1. The predicted molar refractivity (Wildman–Crippen MR) is 94.8 cm³/mol. The number of rotatable bonds is 4. The number of nitrogens with zero attached hydrogens (tertiary/aromatic N) is 2. The van der Waals surface area contributed by atoms with Crippen LogP contribution in [-0.4, -0.2) is 59.9 Å². The zero-order chi connectivity index (χ0) is 18.4. The Morgan fingerprint density at radius 1 is 1.08 bits per heavy atom. The van der Waals surface area contributed by atoms with Crippen LogP contribution in [0.4, 0.5) is 4.79 Å². The monoisotopic (exact) mass is 351 g/mol. The second-order valence-corrected chi connectivity index (χ2v) is 8.25. The molecule has 2 fully saturated rings. The van der Waals surface area contributed by atoms with Crippen molar-refractivity contribution in [2.45, 2.75) is 64.9 Å². The fraction of sp³-hybridized carbons (Fsp3) is 0.842. The molecule has 0 aliphatic carbocycles. The lowest BCUT2D eigenvalue weighted by Gasteiger charge is -2.34. The molecule has 0 aromatic heterocycles. The summed E-state index contributed by atoms with van der Waals surface area (Å²) in [5.74, 6) is 0.505. The van der Waals surface area contributed by atoms with Gasteiger partial charge in [0.05, 0.1) is 0 Å². The second kappa shape index (κ2) is 8.68. The zero-order valence-electron chi connectivity index (χ0n) is 15.8. The quantitative estimate of drug-likeness (QED) is 0.781. The first-order valence-corrected chi connectivity index (χ1v) is 9.42. The van der Waals surface area contributed by atoms with Gasteiger partial charge in [0.2, 0.25) is 12.2 Å². The van der Waals surface area contributed by atoms with Crippen molar-refractivity contribution in [3.8, 4) is 0 Å². The van der Waals surface area contributed by atoms with E-state index in [-0.39, 0.29) is 17.9 Å². The van der Waals surface area contributed by atoms with E-state index >= 15 is 0 Å². The lowest BCUT2D eigenvalue weighted by atomic mass is 9.91. The van der Waals surface area contributed by atoms with Gasteiger partial charge in [-0.1, -0.05) is 0 Å². The van der Waals surface area contributed by atoms with Crippen LogP contribution in [-0.2, 0) is 14.3 Å². The number of carbonyl (C=O) groups excluding carboxylic acids is 3. The number of piperidine rings is 2. The number of ether oxygens (including phenoxy) is 1. The van der Waals surface area contributed by atoms with Crippen molar-refractivity contribution in [2.75, 3.05) is 26.2 Å². The van der Waals surface area contributed by atoms with Crippen molar-refractivity contribution in [1.29, 1.82) is 0 Å². The van der Waals surface area contributed by atoms with Crippen LogP contribution in [0.15, 0.2) is 0 Å². The summed E-state index contributed by atoms with van der Waals surface area (Å²) in [5.41, 5.74) is -0.467. The summed E-state index contributed by atoms with van der Waals surface area (Å²) in [5, 5.41) is 0. The Bertz CT molecular complexity index is 478. The smallest absolute Gasteiger partial charge is 0.410 e. The highest BCUT2D eigenvalue weighted by molar-refractivity contribution is 5.76. The Kier molecular flexibility index (Phi) is 6.85. The Morgan fingerprint density at radius 2 is 1.76 bits per heavy atom. The molecule has 1 radical (unpaired) electrons. The van der Waals surface area contributed by atoms with Crippen LogP contribution >= 0.6 is 0 Å². The van der Waals surface area contributed by atoms with Crippen LogP contribution in [0.1, 0.15) is 59.3 Å². The first kappa shape index (κ1) is 19.7. The van der Waals surface area contributed by atoms with Gasteiger partial charge in [0, 0.05) is 38.5 Å². The van der Waals surface area contributed by atoms with Crippen molar-refractivity contribution in [3.05, 3.63) is 0 Å². The molecule has 0 aromatic carbocycles. The third-order valence-corrected chi connectivity index (χ3v) is 4.97. The van der Waals surface area contributed by atoms with Crippen molar-refractivity contribution >= 4 is 18.3 Å². The third kappa shape index (κ3) is 6.33. The SMILES string of the molecule is CC(C)(C)OC(=O)N1CCC(CCC(=O)N2CCC[C@@H]([C]=O)C2)CC1. The number of amides is 2. The molecule has 0 spiro atoms. The van der Waals surface area contributed by atoms with E-state index in [0.717, 1.165) is 38.6 Å². The first-order valence-electron chi connectivity index (χ1n) is 9.42. The largest absolute Gasteiger partial charge is 0.444 e. The van der Waals surface area contributed by atoms with E-state index in [0.29, 0.717) is 32.0 Å². The molecular weight excluding hydrogens is 320 g/mol. The van der Waals surface area contributed by atoms with Gasteiger partial charge in [-0.3, -0.25) is 9.59 Å². The highest BCUT2D eigenvalue weighted by atomic mass is 16.6. The van der Waals surface area contributed by atoms with Gasteiger partial charge in [-0.15, -0.1) is 0 Å². The summed E-state index contributed by atoms with van der Waals surface area (Å²) in [6.45, 7) is 8.29. The average Bonchev–Trinajstić information content (AvgIpc) is 2.58. The highest BCUT2D eigenvalue weighted by Gasteiger charge is 2.28. The van der Waals surface area contributed by atoms with E-state index in [2.05, 4.69) is 0 Å². The number of hydrogen-bond donors (Lipinski definition) is 0. The predicted octanol–water partition coefficient (Wildman–Crippen LogP) is 2.76. The van der Waals surface area contributed by atoms with E-state index in [1.54, 1.807) is 4.90 Å². The summed E-state index contributed by atoms with van der Waals surface area (Å²) in [6.07, 6.45) is 6.73. The molecule has 0 N–H and O–H groups in total. The maximum atomic E-state index is 12.3. The van der Waals surface area contributed by atoms with Gasteiger partial charge < -0.3 is 14.5 Å². The fourth-order valence-electron chi connectivity index (χ4n) is 3.52. The topological polar surface area (TPSA) is 66.9 Å². The van der Waals surface area contributed by atoms with E-state index in [1.807, 2.05) is 32.0 Å². The molecule has 6 heteroatoms. The van der Waals surface area contributed by atoms with Crippen LogP contribution in [0.25, 0.3) is 0 Å². The molecule has 2 heterocycles. The summed E-state index contributed by atoms with van der Waals surface area (Å²) in [4.78, 5) is 38.8. The van der Waals surface area contributed by atoms with Gasteiger partial charge in [0.15, 0.2) is 0 Å². The second-order valence-electron chi connectivity index (χ2n) is 8.25. The maximum Gasteiger partial charge on any atom is 0.410 e. The summed E-state index contributed by atoms with van der Waals surface area (Å²) >= 11 is 0. The van der Waals surface area contributed by atoms with E-state index < -0.39 is 5.60 Å². The molecule has 6 nitrogen and oxygen atoms in total. The van der Waals surface area contributed by atoms with E-state index in [1.165, 1.54) is 0 Å². The molecule has 0 saturated carbocycles. The van der Waals surface area contributed by atoms with E-state index in [4.69, 9.17) is 4.74 Å². The first-order chi connectivity index (χ1) is 11.8. The number of carbonyl (C=O) groups is 2. The van der Waals surface area contributed by atoms with Gasteiger partial charge in [0.1, 0.15) is 5.60 Å². The third-order valence-electron chi connectivity index (χ3n) is 4.97. The van der Waals surface area contributed by atoms with Crippen LogP contribution in [0.2, 0.25) is 0 Å². The molecular formula is C19H31N2O4. The maximum absolute atomic E-state index is 12.3. The van der Waals surface area contributed by atoms with Crippen molar-refractivity contribution < 1.29 is 19.1 Å². The Hall–Kier alpha value is -1.59. The minimum atomic E-state index is -0.467. The van der Waals surface area contributed by atoms with Crippen LogP contribution in [0.5, 0.6) is 0 Å². The molecule has 2 amide bonds. The van der Waals surface area contributed by atoms with Crippen molar-refractivity contribution in [2.24, 2.45) is 11.8 Å². The molecule has 0 unspecified atom stereocenters. The van der Waals surface area contributed by atoms with Crippen LogP contribution < -0.4 is 0 Å². The molecule has 2 saturated heterocycles. The van der Waals surface area contributed by atoms with Crippen molar-refractivity contribution in [1.82, 2.24) is 9.80 Å². The molecule has 141 valence electrons. The highest BCUT2D eigenvalue weighted by Crippen LogP contribution is 2.24. The molecule has 25 heavy (non-hydrogen) atoms. The number of likely N-dealkylation sites (tertiary alicyclic amines) is 2. The molecule has 0 bridgehead atoms. The average molecular weight is 351 g/mol. The Morgan fingerprint density at radius 3 is 2.36 bits per heavy atom. The van der Waals surface area contributed by atoms with Gasteiger partial charge in [0.25, 0.3) is 0 Å². The molecule has 2 rings (SSSR count). The van der Waals surface area contributed by atoms with Crippen molar-refractivity contribution in [3.63, 3.8) is 0 Å². The molecule has 2 aliphatic heterocycles. The summed E-state index contributed by atoms with van der Waals surface area (Å²) in [6, 6.07) is 0. The molecule has 2 aliphatic rings. The van der Waals surface area contributed by atoms with Crippen LogP contribution in [0.3, 0.4) is 0 Å². The normalized spacial score (nSPS) is 22.6. The van der Waals surface area contributed by atoms with Crippen LogP contribution in [0, 0.1) is 11.8 Å². The Labute approximate surface area is 150 Å². The van der Waals surface area contributed by atoms with E-state index in [9.17, 15) is 14.4 Å². The minimum absolute atomic E-state index is 0.116. The number of hydrogen-bond acceptors (Lipinski definition) is 4.